The Labute approximate surface area is 102 Å². The summed E-state index contributed by atoms with van der Waals surface area (Å²) in [5, 5.41) is 4.57. The van der Waals surface area contributed by atoms with Crippen LogP contribution in [0.1, 0.15) is 13.3 Å². The van der Waals surface area contributed by atoms with E-state index in [1.54, 1.807) is 0 Å². The Morgan fingerprint density at radius 3 is 2.44 bits per heavy atom. The second kappa shape index (κ2) is 5.13. The Bertz CT molecular complexity index is 338. The van der Waals surface area contributed by atoms with E-state index in [1.807, 2.05) is 5.32 Å². The number of carbonyl (C=O) groups excluding carboxylic acids is 2. The predicted octanol–water partition coefficient (Wildman–Crippen LogP) is 0.206. The zero-order chi connectivity index (χ0) is 14.0. The third kappa shape index (κ3) is 2.58. The van der Waals surface area contributed by atoms with Crippen molar-refractivity contribution in [3.05, 3.63) is 0 Å². The smallest absolute Gasteiger partial charge is 0.404 e. The molecule has 1 aliphatic heterocycles. The predicted molar refractivity (Wildman–Crippen MR) is 55.6 cm³/mol. The lowest BCUT2D eigenvalue weighted by atomic mass is 9.85. The van der Waals surface area contributed by atoms with Crippen molar-refractivity contribution in [2.24, 2.45) is 5.41 Å². The fraction of sp³-hybridized carbons (Fsp3) is 0.800. The molecule has 0 radical (unpaired) electrons. The largest absolute Gasteiger partial charge is 0.467 e. The summed E-state index contributed by atoms with van der Waals surface area (Å²) in [5.41, 5.74) is -2.46. The van der Waals surface area contributed by atoms with Gasteiger partial charge in [0.2, 0.25) is 5.91 Å². The van der Waals surface area contributed by atoms with Gasteiger partial charge in [-0.15, -0.1) is 0 Å². The zero-order valence-electron chi connectivity index (χ0n) is 10.1. The van der Waals surface area contributed by atoms with Crippen molar-refractivity contribution in [1.82, 2.24) is 10.6 Å². The summed E-state index contributed by atoms with van der Waals surface area (Å²) < 4.78 is 43.3. The summed E-state index contributed by atoms with van der Waals surface area (Å²) in [6, 6.07) is -1.11. The first-order chi connectivity index (χ1) is 8.24. The normalized spacial score (nSPS) is 25.6. The van der Waals surface area contributed by atoms with Gasteiger partial charge in [-0.1, -0.05) is 0 Å². The van der Waals surface area contributed by atoms with Gasteiger partial charge in [-0.05, 0) is 19.9 Å². The molecule has 1 fully saturated rings. The number of amides is 1. The van der Waals surface area contributed by atoms with Crippen molar-refractivity contribution in [1.29, 1.82) is 0 Å². The molecule has 1 saturated heterocycles. The molecule has 1 heterocycles. The van der Waals surface area contributed by atoms with Crippen LogP contribution in [-0.4, -0.2) is 44.3 Å². The van der Waals surface area contributed by atoms with Crippen molar-refractivity contribution >= 4 is 11.9 Å². The van der Waals surface area contributed by atoms with E-state index in [4.69, 9.17) is 0 Å². The fourth-order valence-electron chi connectivity index (χ4n) is 1.83. The van der Waals surface area contributed by atoms with Gasteiger partial charge in [-0.25, -0.2) is 4.79 Å². The molecule has 0 spiro atoms. The summed E-state index contributed by atoms with van der Waals surface area (Å²) in [4.78, 5) is 22.8. The highest BCUT2D eigenvalue weighted by Crippen LogP contribution is 2.43. The van der Waals surface area contributed by atoms with Gasteiger partial charge < -0.3 is 15.4 Å². The van der Waals surface area contributed by atoms with Crippen LogP contribution in [0.25, 0.3) is 0 Å². The first-order valence-electron chi connectivity index (χ1n) is 5.41. The van der Waals surface area contributed by atoms with E-state index in [-0.39, 0.29) is 13.0 Å². The Balaban J connectivity index is 2.83. The molecule has 18 heavy (non-hydrogen) atoms. The number of hydrogen-bond acceptors (Lipinski definition) is 4. The fourth-order valence-corrected chi connectivity index (χ4v) is 1.83. The third-order valence-corrected chi connectivity index (χ3v) is 3.03. The first-order valence-corrected chi connectivity index (χ1v) is 5.41. The van der Waals surface area contributed by atoms with Gasteiger partial charge in [0, 0.05) is 6.54 Å². The molecule has 0 saturated carbocycles. The number of hydrogen-bond donors (Lipinski definition) is 2. The van der Waals surface area contributed by atoms with Crippen LogP contribution in [-0.2, 0) is 14.3 Å². The second-order valence-corrected chi connectivity index (χ2v) is 4.22. The molecule has 0 aromatic carbocycles. The van der Waals surface area contributed by atoms with Gasteiger partial charge in [0.25, 0.3) is 0 Å². The van der Waals surface area contributed by atoms with Crippen LogP contribution < -0.4 is 10.6 Å². The molecule has 5 nitrogen and oxygen atoms in total. The summed E-state index contributed by atoms with van der Waals surface area (Å²) in [6.45, 7) is 0.909. The van der Waals surface area contributed by atoms with Crippen molar-refractivity contribution < 1.29 is 27.5 Å². The minimum absolute atomic E-state index is 0.111. The number of ether oxygens (including phenoxy) is 1. The molecule has 0 aromatic heterocycles. The minimum Gasteiger partial charge on any atom is -0.467 e. The Morgan fingerprint density at radius 2 is 2.06 bits per heavy atom. The van der Waals surface area contributed by atoms with Crippen LogP contribution >= 0.6 is 0 Å². The number of halogens is 3. The van der Waals surface area contributed by atoms with Crippen LogP contribution in [0.15, 0.2) is 0 Å². The number of methoxy groups -OCH3 is 1. The Hall–Kier alpha value is -1.31. The summed E-state index contributed by atoms with van der Waals surface area (Å²) >= 11 is 0. The monoisotopic (exact) mass is 268 g/mol. The van der Waals surface area contributed by atoms with E-state index in [0.29, 0.717) is 0 Å². The Morgan fingerprint density at radius 1 is 1.44 bits per heavy atom. The van der Waals surface area contributed by atoms with Gasteiger partial charge in [-0.2, -0.15) is 13.2 Å². The lowest BCUT2D eigenvalue weighted by Crippen LogP contribution is -2.55. The second-order valence-electron chi connectivity index (χ2n) is 4.22. The van der Waals surface area contributed by atoms with Crippen molar-refractivity contribution in [2.45, 2.75) is 25.6 Å². The number of carbonyl (C=O) groups is 2. The van der Waals surface area contributed by atoms with Gasteiger partial charge >= 0.3 is 12.1 Å². The average Bonchev–Trinajstić information content (AvgIpc) is 2.77. The van der Waals surface area contributed by atoms with Crippen LogP contribution in [0.3, 0.4) is 0 Å². The summed E-state index contributed by atoms with van der Waals surface area (Å²) in [7, 11) is 1.10. The quantitative estimate of drug-likeness (QED) is 0.718. The molecule has 0 aliphatic carbocycles. The van der Waals surface area contributed by atoms with E-state index in [1.165, 1.54) is 6.92 Å². The molecule has 8 heteroatoms. The third-order valence-electron chi connectivity index (χ3n) is 3.03. The maximum Gasteiger partial charge on any atom is 0.404 e. The van der Waals surface area contributed by atoms with Gasteiger partial charge in [0.05, 0.1) is 7.11 Å². The molecule has 2 N–H and O–H groups in total. The van der Waals surface area contributed by atoms with Crippen LogP contribution in [0.5, 0.6) is 0 Å². The number of nitrogens with one attached hydrogen (secondary N) is 2. The highest BCUT2D eigenvalue weighted by molar-refractivity contribution is 5.88. The van der Waals surface area contributed by atoms with E-state index in [0.717, 1.165) is 7.11 Å². The summed E-state index contributed by atoms with van der Waals surface area (Å²) in [5.74, 6) is -1.98. The number of esters is 1. The molecule has 2 atom stereocenters. The van der Waals surface area contributed by atoms with Crippen molar-refractivity contribution in [3.63, 3.8) is 0 Å². The van der Waals surface area contributed by atoms with Crippen LogP contribution in [0.4, 0.5) is 13.2 Å². The van der Waals surface area contributed by atoms with Crippen molar-refractivity contribution in [2.75, 3.05) is 20.2 Å². The van der Waals surface area contributed by atoms with Gasteiger partial charge in [-0.3, -0.25) is 4.79 Å². The van der Waals surface area contributed by atoms with Gasteiger partial charge in [0.1, 0.15) is 6.04 Å². The molecule has 1 rings (SSSR count). The van der Waals surface area contributed by atoms with E-state index in [9.17, 15) is 22.8 Å². The molecule has 0 bridgehead atoms. The highest BCUT2D eigenvalue weighted by Gasteiger charge is 2.61. The maximum atomic E-state index is 13.0. The summed E-state index contributed by atoms with van der Waals surface area (Å²) in [6.07, 6.45) is -4.99. The number of alkyl halides is 3. The molecular weight excluding hydrogens is 253 g/mol. The minimum atomic E-state index is -4.66. The van der Waals surface area contributed by atoms with Crippen LogP contribution in [0, 0.1) is 5.41 Å². The molecule has 1 amide bonds. The molecule has 2 unspecified atom stereocenters. The van der Waals surface area contributed by atoms with E-state index >= 15 is 0 Å². The number of rotatable bonds is 3. The SMILES string of the molecule is COC(=O)C(C)NC(=O)C1(C(F)(F)F)CCNC1. The zero-order valence-corrected chi connectivity index (χ0v) is 10.1. The van der Waals surface area contributed by atoms with Crippen molar-refractivity contribution in [3.8, 4) is 0 Å². The lowest BCUT2D eigenvalue weighted by Gasteiger charge is -2.30. The van der Waals surface area contributed by atoms with E-state index < -0.39 is 36.1 Å². The molecule has 1 aliphatic rings. The maximum absolute atomic E-state index is 13.0. The first kappa shape index (κ1) is 14.7. The highest BCUT2D eigenvalue weighted by atomic mass is 19.4. The van der Waals surface area contributed by atoms with E-state index in [2.05, 4.69) is 10.1 Å². The van der Waals surface area contributed by atoms with Crippen LogP contribution in [0.2, 0.25) is 0 Å². The standard InChI is InChI=1S/C10H15F3N2O3/c1-6(7(16)18-2)15-8(17)9(10(11,12)13)3-4-14-5-9/h6,14H,3-5H2,1-2H3,(H,15,17). The molecule has 104 valence electrons. The molecular formula is C10H15F3N2O3. The van der Waals surface area contributed by atoms with Gasteiger partial charge in [0.15, 0.2) is 5.41 Å². The topological polar surface area (TPSA) is 67.4 Å². The Kier molecular flexibility index (Phi) is 4.20. The average molecular weight is 268 g/mol. The lowest BCUT2D eigenvalue weighted by molar-refractivity contribution is -0.216. The molecule has 0 aromatic rings.